The first-order chi connectivity index (χ1) is 8.72. The van der Waals surface area contributed by atoms with Crippen LogP contribution in [0.25, 0.3) is 9.65 Å². The number of nitrogens with one attached hydrogen (secondary N) is 1. The quantitative estimate of drug-likeness (QED) is 0.370. The van der Waals surface area contributed by atoms with Crippen LogP contribution in [-0.2, 0) is 11.3 Å². The Morgan fingerprint density at radius 2 is 2.11 bits per heavy atom. The molecule has 0 atom stereocenters. The van der Waals surface area contributed by atoms with Crippen LogP contribution < -0.4 is 11.0 Å². The second kappa shape index (κ2) is 6.00. The van der Waals surface area contributed by atoms with Crippen molar-refractivity contribution in [2.24, 2.45) is 0 Å². The molecule has 5 nitrogen and oxygen atoms in total. The number of unbranched alkanes of at least 4 members (excludes halogenated alkanes) is 1. The summed E-state index contributed by atoms with van der Waals surface area (Å²) in [5.74, 6) is -0.378. The predicted molar refractivity (Wildman–Crippen MR) is 68.9 cm³/mol. The van der Waals surface area contributed by atoms with Gasteiger partial charge in [-0.3, -0.25) is 0 Å². The Labute approximate surface area is 110 Å². The summed E-state index contributed by atoms with van der Waals surface area (Å²) in [5.41, 5.74) is 1.70. The Morgan fingerprint density at radius 1 is 1.33 bits per heavy atom. The molecule has 0 aliphatic carbocycles. The number of carbonyl (C=O) groups is 1. The third kappa shape index (κ3) is 2.90. The van der Waals surface area contributed by atoms with Crippen LogP contribution in [-0.4, -0.2) is 29.4 Å². The van der Waals surface area contributed by atoms with E-state index in [9.17, 15) is 9.59 Å². The van der Waals surface area contributed by atoms with Gasteiger partial charge in [0.1, 0.15) is 0 Å². The van der Waals surface area contributed by atoms with E-state index < -0.39 is 0 Å². The molecule has 0 saturated carbocycles. The maximum absolute atomic E-state index is 12.0. The Kier molecular flexibility index (Phi) is 4.36. The third-order valence-corrected chi connectivity index (χ3v) is 5.05. The van der Waals surface area contributed by atoms with Gasteiger partial charge in [-0.15, -0.1) is 0 Å². The molecule has 0 aliphatic heterocycles. The molecule has 2 rings (SSSR count). The number of carbonyl (C=O) groups excluding carboxylic acids is 1. The van der Waals surface area contributed by atoms with E-state index in [4.69, 9.17) is 5.21 Å². The second-order valence-electron chi connectivity index (χ2n) is 3.99. The zero-order valence-electron chi connectivity index (χ0n) is 9.76. The Bertz CT molecular complexity index is 603. The Morgan fingerprint density at radius 3 is 2.83 bits per heavy atom. The van der Waals surface area contributed by atoms with Crippen molar-refractivity contribution in [3.05, 3.63) is 34.6 Å². The van der Waals surface area contributed by atoms with Gasteiger partial charge >= 0.3 is 110 Å². The van der Waals surface area contributed by atoms with E-state index >= 15 is 0 Å². The summed E-state index contributed by atoms with van der Waals surface area (Å²) in [7, 11) is 0. The van der Waals surface area contributed by atoms with E-state index in [-0.39, 0.29) is 26.2 Å². The molecule has 2 aromatic rings. The fraction of sp³-hybridized carbons (Fsp3) is 0.333. The molecule has 0 radical (unpaired) electrons. The number of aromatic nitrogens is 1. The zero-order valence-corrected chi connectivity index (χ0v) is 11.5. The molecule has 1 aromatic carbocycles. The summed E-state index contributed by atoms with van der Waals surface area (Å²) in [5, 5.41) is 9.16. The minimum atomic E-state index is -0.378. The van der Waals surface area contributed by atoms with Crippen molar-refractivity contribution >= 4 is 30.3 Å². The van der Waals surface area contributed by atoms with Gasteiger partial charge in [0.15, 0.2) is 0 Å². The predicted octanol–water partition coefficient (Wildman–Crippen LogP) is 0.734. The number of fused-ring (bicyclic) bond motifs is 1. The topological polar surface area (TPSA) is 71.3 Å². The monoisotopic (exact) mass is 314 g/mol. The molecule has 0 saturated heterocycles. The number of aryl methyl sites for hydroxylation is 1. The van der Waals surface area contributed by atoms with E-state index in [0.29, 0.717) is 19.4 Å². The number of rotatable bonds is 5. The Hall–Kier alpha value is -1.36. The van der Waals surface area contributed by atoms with E-state index in [2.05, 4.69) is 0 Å². The zero-order chi connectivity index (χ0) is 13.0. The summed E-state index contributed by atoms with van der Waals surface area (Å²) in [6.45, 7) is 0.673. The van der Waals surface area contributed by atoms with Gasteiger partial charge in [-0.2, -0.15) is 0 Å². The second-order valence-corrected chi connectivity index (χ2v) is 6.22. The van der Waals surface area contributed by atoms with E-state index in [1.54, 1.807) is 5.48 Å². The first-order valence-electron chi connectivity index (χ1n) is 5.74. The first kappa shape index (κ1) is 13.1. The molecule has 6 heteroatoms. The van der Waals surface area contributed by atoms with Crippen LogP contribution in [0.1, 0.15) is 19.3 Å². The molecule has 18 heavy (non-hydrogen) atoms. The summed E-state index contributed by atoms with van der Waals surface area (Å²) in [6, 6.07) is 7.68. The molecule has 1 aromatic heterocycles. The number of hydroxylamine groups is 1. The van der Waals surface area contributed by atoms with Crippen LogP contribution in [0.15, 0.2) is 29.1 Å². The number of amides is 1. The fourth-order valence-corrected chi connectivity index (χ4v) is 3.93. The molecule has 1 amide bonds. The molecule has 0 fully saturated rings. The van der Waals surface area contributed by atoms with Crippen LogP contribution in [0.4, 0.5) is 0 Å². The number of benzene rings is 1. The van der Waals surface area contributed by atoms with Gasteiger partial charge in [0.05, 0.1) is 0 Å². The Balaban J connectivity index is 1.98. The van der Waals surface area contributed by atoms with Gasteiger partial charge in [0, 0.05) is 0 Å². The normalized spacial score (nSPS) is 10.7. The summed E-state index contributed by atoms with van der Waals surface area (Å²) in [4.78, 5) is 22.8. The average molecular weight is 313 g/mol. The molecule has 0 unspecified atom stereocenters. The van der Waals surface area contributed by atoms with Gasteiger partial charge in [-0.25, -0.2) is 0 Å². The summed E-state index contributed by atoms with van der Waals surface area (Å²) in [6.07, 6.45) is 1.73. The van der Waals surface area contributed by atoms with Gasteiger partial charge in [-0.05, 0) is 0 Å². The van der Waals surface area contributed by atoms with Crippen molar-refractivity contribution in [1.82, 2.24) is 9.04 Å². The number of hydrogen-bond donors (Lipinski definition) is 2. The third-order valence-electron chi connectivity index (χ3n) is 2.69. The molecular formula is C12H14N2O3Se. The van der Waals surface area contributed by atoms with Crippen molar-refractivity contribution < 1.29 is 10.0 Å². The standard InChI is InChI=1S/C12H14N2O3Se/c15-11(13-17)7-3-4-8-14-12(16)9-5-1-2-6-10(9)18-14/h1-2,5-6,17H,3-4,7-8H2,(H,13,15). The molecule has 0 bridgehead atoms. The van der Waals surface area contributed by atoms with Crippen LogP contribution in [0, 0.1) is 0 Å². The molecular weight excluding hydrogens is 299 g/mol. The molecule has 96 valence electrons. The average Bonchev–Trinajstić information content (AvgIpc) is 2.72. The summed E-state index contributed by atoms with van der Waals surface area (Å²) < 4.78 is 2.98. The van der Waals surface area contributed by atoms with Crippen LogP contribution in [0.5, 0.6) is 0 Å². The van der Waals surface area contributed by atoms with E-state index in [1.807, 2.05) is 27.8 Å². The molecule has 0 spiro atoms. The van der Waals surface area contributed by atoms with Crippen LogP contribution in [0.3, 0.4) is 0 Å². The van der Waals surface area contributed by atoms with Crippen LogP contribution in [0.2, 0.25) is 0 Å². The number of hydrogen-bond acceptors (Lipinski definition) is 3. The van der Waals surface area contributed by atoms with Crippen LogP contribution >= 0.6 is 0 Å². The van der Waals surface area contributed by atoms with Crippen molar-refractivity contribution in [1.29, 1.82) is 0 Å². The van der Waals surface area contributed by atoms with Gasteiger partial charge < -0.3 is 0 Å². The first-order valence-corrected chi connectivity index (χ1v) is 7.36. The molecule has 0 aliphatic rings. The maximum atomic E-state index is 12.0. The fourth-order valence-electron chi connectivity index (χ4n) is 1.76. The van der Waals surface area contributed by atoms with E-state index in [0.717, 1.165) is 16.1 Å². The van der Waals surface area contributed by atoms with Crippen molar-refractivity contribution in [2.75, 3.05) is 0 Å². The number of nitrogens with zero attached hydrogens (tertiary/aromatic N) is 1. The summed E-state index contributed by atoms with van der Waals surface area (Å²) >= 11 is 0.0624. The van der Waals surface area contributed by atoms with Crippen molar-refractivity contribution in [3.8, 4) is 0 Å². The van der Waals surface area contributed by atoms with Gasteiger partial charge in [0.2, 0.25) is 0 Å². The molecule has 1 heterocycles. The van der Waals surface area contributed by atoms with E-state index in [1.165, 1.54) is 0 Å². The minimum absolute atomic E-state index is 0.0624. The van der Waals surface area contributed by atoms with Crippen molar-refractivity contribution in [3.63, 3.8) is 0 Å². The SMILES string of the molecule is O=C(CCCCn1[se]c2ccccc2c1=O)NO. The molecule has 2 N–H and O–H groups in total. The van der Waals surface area contributed by atoms with Gasteiger partial charge in [-0.1, -0.05) is 0 Å². The van der Waals surface area contributed by atoms with Crippen molar-refractivity contribution in [2.45, 2.75) is 25.8 Å². The van der Waals surface area contributed by atoms with Gasteiger partial charge in [0.25, 0.3) is 0 Å².